The Morgan fingerprint density at radius 3 is 2.29 bits per heavy atom. The smallest absolute Gasteiger partial charge is 0.263 e. The van der Waals surface area contributed by atoms with Crippen LogP contribution in [0.25, 0.3) is 0 Å². The van der Waals surface area contributed by atoms with Gasteiger partial charge in [0.25, 0.3) is 15.9 Å². The Balaban J connectivity index is 1.86. The summed E-state index contributed by atoms with van der Waals surface area (Å²) in [6.45, 7) is 7.48. The van der Waals surface area contributed by atoms with Crippen molar-refractivity contribution >= 4 is 27.4 Å². The summed E-state index contributed by atoms with van der Waals surface area (Å²) in [5.74, 6) is 0.178. The zero-order valence-electron chi connectivity index (χ0n) is 16.0. The molecule has 146 valence electrons. The first kappa shape index (κ1) is 19.6. The first-order valence-corrected chi connectivity index (χ1v) is 10.1. The molecule has 28 heavy (non-hydrogen) atoms. The number of aryl methyl sites for hydroxylation is 4. The predicted molar refractivity (Wildman–Crippen MR) is 107 cm³/mol. The quantitative estimate of drug-likeness (QED) is 0.676. The molecule has 0 saturated heterocycles. The predicted octanol–water partition coefficient (Wildman–Crippen LogP) is 3.96. The summed E-state index contributed by atoms with van der Waals surface area (Å²) in [4.78, 5) is 12.6. The third kappa shape index (κ3) is 4.23. The molecule has 0 aliphatic heterocycles. The van der Waals surface area contributed by atoms with Crippen molar-refractivity contribution in [3.63, 3.8) is 0 Å². The number of sulfonamides is 1. The molecule has 0 aliphatic rings. The summed E-state index contributed by atoms with van der Waals surface area (Å²) in [6, 6.07) is 11.2. The highest BCUT2D eigenvalue weighted by Gasteiger charge is 2.19. The largest absolute Gasteiger partial charge is 0.360 e. The average Bonchev–Trinajstić information content (AvgIpc) is 3.02. The van der Waals surface area contributed by atoms with Gasteiger partial charge in [-0.25, -0.2) is 8.42 Å². The molecule has 3 aromatic rings. The summed E-state index contributed by atoms with van der Waals surface area (Å²) in [7, 11) is -3.90. The van der Waals surface area contributed by atoms with Gasteiger partial charge in [0.1, 0.15) is 5.76 Å². The molecular formula is C20H21N3O4S. The van der Waals surface area contributed by atoms with E-state index in [0.29, 0.717) is 5.76 Å². The van der Waals surface area contributed by atoms with Crippen molar-refractivity contribution in [1.29, 1.82) is 0 Å². The van der Waals surface area contributed by atoms with E-state index in [0.717, 1.165) is 22.4 Å². The SMILES string of the molecule is Cc1cc(C)c(NC(=O)c2cccc(S(=O)(=O)Nc3cc(C)on3)c2)c(C)c1. The molecule has 0 spiro atoms. The third-order valence-corrected chi connectivity index (χ3v) is 5.54. The van der Waals surface area contributed by atoms with Crippen LogP contribution >= 0.6 is 0 Å². The number of rotatable bonds is 5. The van der Waals surface area contributed by atoms with Gasteiger partial charge < -0.3 is 9.84 Å². The Morgan fingerprint density at radius 2 is 1.68 bits per heavy atom. The van der Waals surface area contributed by atoms with Gasteiger partial charge in [-0.3, -0.25) is 9.52 Å². The highest BCUT2D eigenvalue weighted by molar-refractivity contribution is 7.92. The van der Waals surface area contributed by atoms with Gasteiger partial charge in [0.2, 0.25) is 0 Å². The Kier molecular flexibility index (Phi) is 5.24. The van der Waals surface area contributed by atoms with Crippen LogP contribution in [0.4, 0.5) is 11.5 Å². The lowest BCUT2D eigenvalue weighted by molar-refractivity contribution is 0.102. The molecule has 2 N–H and O–H groups in total. The molecule has 3 rings (SSSR count). The van der Waals surface area contributed by atoms with Crippen LogP contribution in [0.3, 0.4) is 0 Å². The van der Waals surface area contributed by atoms with Gasteiger partial charge in [-0.05, 0) is 57.0 Å². The molecule has 0 atom stereocenters. The van der Waals surface area contributed by atoms with Crippen LogP contribution in [-0.2, 0) is 10.0 Å². The molecule has 1 aromatic heterocycles. The molecule has 0 aliphatic carbocycles. The van der Waals surface area contributed by atoms with E-state index in [1.54, 1.807) is 13.0 Å². The number of carbonyl (C=O) groups is 1. The molecule has 0 saturated carbocycles. The second-order valence-electron chi connectivity index (χ2n) is 6.68. The lowest BCUT2D eigenvalue weighted by atomic mass is 10.0. The summed E-state index contributed by atoms with van der Waals surface area (Å²) in [5, 5.41) is 6.49. The number of aromatic nitrogens is 1. The number of anilines is 2. The van der Waals surface area contributed by atoms with E-state index in [1.165, 1.54) is 24.3 Å². The van der Waals surface area contributed by atoms with E-state index in [9.17, 15) is 13.2 Å². The minimum absolute atomic E-state index is 0.0434. The van der Waals surface area contributed by atoms with Gasteiger partial charge in [0.05, 0.1) is 4.90 Å². The molecule has 0 fully saturated rings. The second kappa shape index (κ2) is 7.47. The van der Waals surface area contributed by atoms with Crippen molar-refractivity contribution in [2.45, 2.75) is 32.6 Å². The average molecular weight is 399 g/mol. The Morgan fingerprint density at radius 1 is 1.00 bits per heavy atom. The monoisotopic (exact) mass is 399 g/mol. The van der Waals surface area contributed by atoms with Gasteiger partial charge >= 0.3 is 0 Å². The molecule has 0 radical (unpaired) electrons. The molecule has 7 nitrogen and oxygen atoms in total. The van der Waals surface area contributed by atoms with Crippen LogP contribution in [0.2, 0.25) is 0 Å². The summed E-state index contributed by atoms with van der Waals surface area (Å²) in [6.07, 6.45) is 0. The number of nitrogens with zero attached hydrogens (tertiary/aromatic N) is 1. The fourth-order valence-corrected chi connectivity index (χ4v) is 4.01. The molecular weight excluding hydrogens is 378 g/mol. The highest BCUT2D eigenvalue weighted by atomic mass is 32.2. The fraction of sp³-hybridized carbons (Fsp3) is 0.200. The fourth-order valence-electron chi connectivity index (χ4n) is 2.98. The molecule has 2 aromatic carbocycles. The normalized spacial score (nSPS) is 11.3. The molecule has 1 heterocycles. The van der Waals surface area contributed by atoms with Crippen LogP contribution in [0.1, 0.15) is 32.8 Å². The zero-order chi connectivity index (χ0) is 20.5. The lowest BCUT2D eigenvalue weighted by Gasteiger charge is -2.13. The van der Waals surface area contributed by atoms with E-state index >= 15 is 0 Å². The maximum absolute atomic E-state index is 12.7. The van der Waals surface area contributed by atoms with Crippen LogP contribution in [0, 0.1) is 27.7 Å². The number of nitrogens with one attached hydrogen (secondary N) is 2. The summed E-state index contributed by atoms with van der Waals surface area (Å²) < 4.78 is 32.3. The number of hydrogen-bond acceptors (Lipinski definition) is 5. The van der Waals surface area contributed by atoms with Crippen molar-refractivity contribution in [2.24, 2.45) is 0 Å². The van der Waals surface area contributed by atoms with E-state index in [2.05, 4.69) is 15.2 Å². The van der Waals surface area contributed by atoms with E-state index in [4.69, 9.17) is 4.52 Å². The van der Waals surface area contributed by atoms with Crippen molar-refractivity contribution in [3.8, 4) is 0 Å². The highest BCUT2D eigenvalue weighted by Crippen LogP contribution is 2.23. The van der Waals surface area contributed by atoms with Crippen molar-refractivity contribution < 1.29 is 17.7 Å². The summed E-state index contributed by atoms with van der Waals surface area (Å²) in [5.41, 5.74) is 3.95. The first-order chi connectivity index (χ1) is 13.2. The Bertz CT molecular complexity index is 1130. The number of carbonyl (C=O) groups excluding carboxylic acids is 1. The summed E-state index contributed by atoms with van der Waals surface area (Å²) >= 11 is 0. The molecule has 0 unspecified atom stereocenters. The lowest BCUT2D eigenvalue weighted by Crippen LogP contribution is -2.17. The van der Waals surface area contributed by atoms with Crippen molar-refractivity contribution in [1.82, 2.24) is 5.16 Å². The zero-order valence-corrected chi connectivity index (χ0v) is 16.8. The van der Waals surface area contributed by atoms with Gasteiger partial charge in [-0.1, -0.05) is 28.9 Å². The Hall–Kier alpha value is -3.13. The first-order valence-electron chi connectivity index (χ1n) is 8.61. The molecule has 1 amide bonds. The van der Waals surface area contributed by atoms with E-state index in [1.807, 2.05) is 32.9 Å². The van der Waals surface area contributed by atoms with Crippen LogP contribution < -0.4 is 10.0 Å². The number of amides is 1. The van der Waals surface area contributed by atoms with Gasteiger partial charge in [0, 0.05) is 17.3 Å². The van der Waals surface area contributed by atoms with Gasteiger partial charge in [0.15, 0.2) is 5.82 Å². The van der Waals surface area contributed by atoms with Crippen LogP contribution in [0.15, 0.2) is 51.9 Å². The molecule has 8 heteroatoms. The maximum Gasteiger partial charge on any atom is 0.263 e. The van der Waals surface area contributed by atoms with Crippen LogP contribution in [0.5, 0.6) is 0 Å². The number of benzene rings is 2. The van der Waals surface area contributed by atoms with Crippen molar-refractivity contribution in [2.75, 3.05) is 10.0 Å². The van der Waals surface area contributed by atoms with Crippen molar-refractivity contribution in [3.05, 3.63) is 70.5 Å². The second-order valence-corrected chi connectivity index (χ2v) is 8.37. The molecule has 0 bridgehead atoms. The van der Waals surface area contributed by atoms with E-state index in [-0.39, 0.29) is 22.2 Å². The number of hydrogen-bond donors (Lipinski definition) is 2. The van der Waals surface area contributed by atoms with E-state index < -0.39 is 10.0 Å². The van der Waals surface area contributed by atoms with Crippen LogP contribution in [-0.4, -0.2) is 19.5 Å². The Labute approximate surface area is 163 Å². The topological polar surface area (TPSA) is 101 Å². The van der Waals surface area contributed by atoms with Gasteiger partial charge in [-0.2, -0.15) is 0 Å². The third-order valence-electron chi connectivity index (χ3n) is 4.19. The standard InChI is InChI=1S/C20H21N3O4S/c1-12-8-13(2)19(14(3)9-12)21-20(24)16-6-5-7-17(11-16)28(25,26)23-18-10-15(4)27-22-18/h5-11H,1-4H3,(H,21,24)(H,22,23). The van der Waals surface area contributed by atoms with Gasteiger partial charge in [-0.15, -0.1) is 0 Å². The minimum Gasteiger partial charge on any atom is -0.360 e. The minimum atomic E-state index is -3.90. The maximum atomic E-state index is 12.7.